The predicted octanol–water partition coefficient (Wildman–Crippen LogP) is 2.40. The molecule has 0 aliphatic rings. The Morgan fingerprint density at radius 3 is 2.38 bits per heavy atom. The van der Waals surface area contributed by atoms with E-state index in [-0.39, 0.29) is 5.91 Å². The Kier molecular flexibility index (Phi) is 6.85. The summed E-state index contributed by atoms with van der Waals surface area (Å²) in [7, 11) is 7.44. The molecule has 29 heavy (non-hydrogen) atoms. The van der Waals surface area contributed by atoms with Gasteiger partial charge < -0.3 is 19.7 Å². The molecule has 0 aliphatic carbocycles. The first-order valence-electron chi connectivity index (χ1n) is 9.33. The number of rotatable bonds is 8. The Morgan fingerprint density at radius 2 is 1.72 bits per heavy atom. The highest BCUT2D eigenvalue weighted by atomic mass is 32.1. The van der Waals surface area contributed by atoms with E-state index in [0.717, 1.165) is 22.7 Å². The van der Waals surface area contributed by atoms with E-state index in [1.807, 2.05) is 18.2 Å². The third-order valence-corrected chi connectivity index (χ3v) is 5.29. The van der Waals surface area contributed by atoms with Gasteiger partial charge in [-0.05, 0) is 23.8 Å². The van der Waals surface area contributed by atoms with Crippen LogP contribution in [-0.4, -0.2) is 39.2 Å². The average Bonchev–Trinajstić information content (AvgIpc) is 3.22. The first kappa shape index (κ1) is 20.8. The number of quaternary nitrogens is 1. The van der Waals surface area contributed by atoms with Crippen molar-refractivity contribution in [1.82, 2.24) is 10.3 Å². The summed E-state index contributed by atoms with van der Waals surface area (Å²) in [6, 6.07) is 13.9. The van der Waals surface area contributed by atoms with Gasteiger partial charge in [0.15, 0.2) is 11.5 Å². The Morgan fingerprint density at radius 1 is 1.03 bits per heavy atom. The zero-order valence-electron chi connectivity index (χ0n) is 17.1. The summed E-state index contributed by atoms with van der Waals surface area (Å²) in [4.78, 5) is 18.3. The summed E-state index contributed by atoms with van der Waals surface area (Å²) < 4.78 is 10.6. The largest absolute Gasteiger partial charge is 0.493 e. The lowest BCUT2D eigenvalue weighted by Crippen LogP contribution is -3.04. The number of thiazole rings is 1. The fourth-order valence-electron chi connectivity index (χ4n) is 2.94. The standard InChI is InChI=1S/C22H25N3O3S/c1-25(2)13-16-7-5-15(6-8-16)12-23-21(26)18-14-29-22(24-18)17-9-10-19(27-3)20(11-17)28-4/h5-11,14H,12-13H2,1-4H3,(H,23,26)/p+1. The summed E-state index contributed by atoms with van der Waals surface area (Å²) >= 11 is 1.42. The van der Waals surface area contributed by atoms with Crippen molar-refractivity contribution < 1.29 is 19.2 Å². The van der Waals surface area contributed by atoms with Crippen LogP contribution in [0, 0.1) is 0 Å². The first-order valence-corrected chi connectivity index (χ1v) is 10.2. The molecule has 0 saturated carbocycles. The van der Waals surface area contributed by atoms with Gasteiger partial charge >= 0.3 is 0 Å². The van der Waals surface area contributed by atoms with Gasteiger partial charge in [0.2, 0.25) is 0 Å². The van der Waals surface area contributed by atoms with Gasteiger partial charge in [0.05, 0.1) is 28.3 Å². The SMILES string of the molecule is COc1ccc(-c2nc(C(=O)NCc3ccc(C[NH+](C)C)cc3)cs2)cc1OC. The normalized spacial score (nSPS) is 10.8. The van der Waals surface area contributed by atoms with E-state index in [1.165, 1.54) is 21.8 Å². The quantitative estimate of drug-likeness (QED) is 0.596. The van der Waals surface area contributed by atoms with Crippen LogP contribution in [0.3, 0.4) is 0 Å². The van der Waals surface area contributed by atoms with E-state index in [9.17, 15) is 4.79 Å². The minimum atomic E-state index is -0.185. The lowest BCUT2D eigenvalue weighted by molar-refractivity contribution is -0.872. The second-order valence-corrected chi connectivity index (χ2v) is 7.85. The Labute approximate surface area is 175 Å². The molecule has 7 heteroatoms. The molecule has 3 aromatic rings. The number of hydrogen-bond donors (Lipinski definition) is 2. The van der Waals surface area contributed by atoms with Crippen molar-refractivity contribution in [3.8, 4) is 22.1 Å². The van der Waals surface area contributed by atoms with E-state index >= 15 is 0 Å². The molecule has 2 N–H and O–H groups in total. The molecule has 2 aromatic carbocycles. The zero-order valence-corrected chi connectivity index (χ0v) is 17.9. The monoisotopic (exact) mass is 412 g/mol. The first-order chi connectivity index (χ1) is 14.0. The van der Waals surface area contributed by atoms with E-state index in [0.29, 0.717) is 23.7 Å². The van der Waals surface area contributed by atoms with Crippen molar-refractivity contribution in [1.29, 1.82) is 0 Å². The fourth-order valence-corrected chi connectivity index (χ4v) is 3.73. The lowest BCUT2D eigenvalue weighted by Gasteiger charge is -2.08. The van der Waals surface area contributed by atoms with E-state index in [2.05, 4.69) is 48.7 Å². The van der Waals surface area contributed by atoms with Crippen LogP contribution < -0.4 is 19.7 Å². The van der Waals surface area contributed by atoms with Crippen molar-refractivity contribution >= 4 is 17.2 Å². The molecule has 1 aromatic heterocycles. The molecule has 3 rings (SSSR count). The molecule has 1 heterocycles. The van der Waals surface area contributed by atoms with Crippen molar-refractivity contribution in [2.75, 3.05) is 28.3 Å². The molecule has 152 valence electrons. The lowest BCUT2D eigenvalue weighted by atomic mass is 10.1. The molecule has 6 nitrogen and oxygen atoms in total. The summed E-state index contributed by atoms with van der Waals surface area (Å²) in [6.07, 6.45) is 0. The third kappa shape index (κ3) is 5.34. The zero-order chi connectivity index (χ0) is 20.8. The van der Waals surface area contributed by atoms with Crippen molar-refractivity contribution in [3.63, 3.8) is 0 Å². The predicted molar refractivity (Wildman–Crippen MR) is 115 cm³/mol. The maximum atomic E-state index is 12.5. The molecule has 0 radical (unpaired) electrons. The number of benzene rings is 2. The Hall–Kier alpha value is -2.90. The number of carbonyl (C=O) groups excluding carboxylic acids is 1. The molecule has 0 aliphatic heterocycles. The second kappa shape index (κ2) is 9.54. The van der Waals surface area contributed by atoms with Crippen molar-refractivity contribution in [2.24, 2.45) is 0 Å². The third-order valence-electron chi connectivity index (χ3n) is 4.40. The summed E-state index contributed by atoms with van der Waals surface area (Å²) in [5.41, 5.74) is 3.63. The summed E-state index contributed by atoms with van der Waals surface area (Å²) in [5, 5.41) is 5.46. The molecule has 0 spiro atoms. The van der Waals surface area contributed by atoms with Gasteiger partial charge in [-0.25, -0.2) is 4.98 Å². The van der Waals surface area contributed by atoms with Crippen LogP contribution >= 0.6 is 11.3 Å². The van der Waals surface area contributed by atoms with Gasteiger partial charge in [0.25, 0.3) is 5.91 Å². The number of aromatic nitrogens is 1. The molecule has 0 fully saturated rings. The number of hydrogen-bond acceptors (Lipinski definition) is 5. The van der Waals surface area contributed by atoms with Gasteiger partial charge in [0, 0.05) is 23.1 Å². The Balaban J connectivity index is 1.63. The summed E-state index contributed by atoms with van der Waals surface area (Å²) in [6.45, 7) is 1.45. The van der Waals surface area contributed by atoms with Gasteiger partial charge in [-0.1, -0.05) is 24.3 Å². The summed E-state index contributed by atoms with van der Waals surface area (Å²) in [5.74, 6) is 1.10. The minimum absolute atomic E-state index is 0.185. The van der Waals surface area contributed by atoms with E-state index in [1.54, 1.807) is 19.6 Å². The van der Waals surface area contributed by atoms with Gasteiger partial charge in [-0.3, -0.25) is 4.79 Å². The van der Waals surface area contributed by atoms with E-state index < -0.39 is 0 Å². The highest BCUT2D eigenvalue weighted by Crippen LogP contribution is 2.33. The molecule has 0 saturated heterocycles. The van der Waals surface area contributed by atoms with E-state index in [4.69, 9.17) is 9.47 Å². The maximum Gasteiger partial charge on any atom is 0.271 e. The molecule has 0 atom stereocenters. The topological polar surface area (TPSA) is 64.9 Å². The molecule has 1 amide bonds. The number of methoxy groups -OCH3 is 2. The van der Waals surface area contributed by atoms with Crippen LogP contribution in [0.1, 0.15) is 21.6 Å². The van der Waals surface area contributed by atoms with Crippen LogP contribution in [0.15, 0.2) is 47.8 Å². The van der Waals surface area contributed by atoms with Crippen molar-refractivity contribution in [3.05, 3.63) is 64.7 Å². The van der Waals surface area contributed by atoms with Crippen LogP contribution in [-0.2, 0) is 13.1 Å². The van der Waals surface area contributed by atoms with Gasteiger partial charge in [-0.15, -0.1) is 11.3 Å². The molecular formula is C22H26N3O3S+. The number of amides is 1. The molecular weight excluding hydrogens is 386 g/mol. The number of nitrogens with one attached hydrogen (secondary N) is 2. The highest BCUT2D eigenvalue weighted by Gasteiger charge is 2.13. The fraction of sp³-hybridized carbons (Fsp3) is 0.273. The van der Waals surface area contributed by atoms with Crippen LogP contribution in [0.2, 0.25) is 0 Å². The van der Waals surface area contributed by atoms with Gasteiger partial charge in [-0.2, -0.15) is 0 Å². The Bertz CT molecular complexity index is 968. The van der Waals surface area contributed by atoms with Crippen LogP contribution in [0.5, 0.6) is 11.5 Å². The highest BCUT2D eigenvalue weighted by molar-refractivity contribution is 7.13. The molecule has 0 bridgehead atoms. The van der Waals surface area contributed by atoms with Crippen LogP contribution in [0.25, 0.3) is 10.6 Å². The van der Waals surface area contributed by atoms with Crippen LogP contribution in [0.4, 0.5) is 0 Å². The van der Waals surface area contributed by atoms with Crippen molar-refractivity contribution in [2.45, 2.75) is 13.1 Å². The molecule has 0 unspecified atom stereocenters. The average molecular weight is 413 g/mol. The smallest absolute Gasteiger partial charge is 0.271 e. The number of ether oxygens (including phenoxy) is 2. The second-order valence-electron chi connectivity index (χ2n) is 6.99. The maximum absolute atomic E-state index is 12.5. The van der Waals surface area contributed by atoms with Gasteiger partial charge in [0.1, 0.15) is 17.2 Å². The number of carbonyl (C=O) groups is 1. The number of nitrogens with zero attached hydrogens (tertiary/aromatic N) is 1. The minimum Gasteiger partial charge on any atom is -0.493 e.